The third-order valence-electron chi connectivity index (χ3n) is 5.79. The van der Waals surface area contributed by atoms with Gasteiger partial charge in [-0.25, -0.2) is 0 Å². The minimum atomic E-state index is -0.570. The van der Waals surface area contributed by atoms with Crippen molar-refractivity contribution in [3.05, 3.63) is 116 Å². The van der Waals surface area contributed by atoms with Gasteiger partial charge in [-0.1, -0.05) is 94.4 Å². The van der Waals surface area contributed by atoms with E-state index >= 15 is 0 Å². The Balaban J connectivity index is 1.38. The molecule has 4 rings (SSSR count). The lowest BCUT2D eigenvalue weighted by Crippen LogP contribution is -2.39. The van der Waals surface area contributed by atoms with Gasteiger partial charge in [-0.05, 0) is 47.0 Å². The van der Waals surface area contributed by atoms with Crippen LogP contribution >= 0.6 is 58.0 Å². The molecule has 0 saturated heterocycles. The van der Waals surface area contributed by atoms with Gasteiger partial charge >= 0.3 is 0 Å². The normalized spacial score (nSPS) is 14.6. The van der Waals surface area contributed by atoms with Crippen molar-refractivity contribution < 1.29 is 9.53 Å². The summed E-state index contributed by atoms with van der Waals surface area (Å²) in [6.45, 7) is 1.19. The zero-order valence-corrected chi connectivity index (χ0v) is 23.4. The van der Waals surface area contributed by atoms with Crippen LogP contribution in [-0.2, 0) is 22.7 Å². The Kier molecular flexibility index (Phi) is 9.88. The predicted molar refractivity (Wildman–Crippen MR) is 151 cm³/mol. The second kappa shape index (κ2) is 13.1. The molecule has 3 aromatic rings. The van der Waals surface area contributed by atoms with Gasteiger partial charge in [-0.3, -0.25) is 4.79 Å². The molecule has 0 spiro atoms. The van der Waals surface area contributed by atoms with Crippen LogP contribution in [0.2, 0.25) is 20.1 Å². The lowest BCUT2D eigenvalue weighted by atomic mass is 10.1. The molecule has 5 nitrogen and oxygen atoms in total. The molecule has 2 atom stereocenters. The Morgan fingerprint density at radius 2 is 1.62 bits per heavy atom. The predicted octanol–water partition coefficient (Wildman–Crippen LogP) is 7.49. The molecular weight excluding hydrogens is 576 g/mol. The highest BCUT2D eigenvalue weighted by molar-refractivity contribution is 6.35. The SMILES string of the molecule is O=C(CN1C=CN(C(Cl)C(OCc2ccc(Cl)cc2Cl)c2ccc(Cl)cc2)C1)NCc1ccccc1Cl. The number of alkyl halides is 1. The van der Waals surface area contributed by atoms with Crippen LogP contribution in [0, 0.1) is 0 Å². The van der Waals surface area contributed by atoms with Gasteiger partial charge in [-0.2, -0.15) is 0 Å². The standard InChI is InChI=1S/C27H24Cl5N3O2/c28-21-8-5-18(6-9-21)26(37-16-20-7-10-22(29)13-24(20)31)27(32)35-12-11-34(17-35)15-25(36)33-14-19-3-1-2-4-23(19)30/h1-13,26-27H,14-17H2,(H,33,36). The van der Waals surface area contributed by atoms with Crippen LogP contribution < -0.4 is 5.32 Å². The van der Waals surface area contributed by atoms with Gasteiger partial charge < -0.3 is 19.9 Å². The van der Waals surface area contributed by atoms with Gasteiger partial charge in [0.1, 0.15) is 11.6 Å². The van der Waals surface area contributed by atoms with Gasteiger partial charge in [0.2, 0.25) is 5.91 Å². The maximum absolute atomic E-state index is 12.5. The highest BCUT2D eigenvalue weighted by Gasteiger charge is 2.30. The molecule has 10 heteroatoms. The maximum atomic E-state index is 12.5. The number of nitrogens with one attached hydrogen (secondary N) is 1. The van der Waals surface area contributed by atoms with E-state index in [4.69, 9.17) is 62.7 Å². The van der Waals surface area contributed by atoms with Crippen LogP contribution in [0.15, 0.2) is 79.1 Å². The monoisotopic (exact) mass is 597 g/mol. The minimum Gasteiger partial charge on any atom is -0.365 e. The molecule has 0 fully saturated rings. The van der Waals surface area contributed by atoms with Crippen LogP contribution in [0.25, 0.3) is 0 Å². The maximum Gasteiger partial charge on any atom is 0.239 e. The van der Waals surface area contributed by atoms with Crippen molar-refractivity contribution in [3.8, 4) is 0 Å². The summed E-state index contributed by atoms with van der Waals surface area (Å²) in [5.74, 6) is -0.125. The van der Waals surface area contributed by atoms with Crippen molar-refractivity contribution in [3.63, 3.8) is 0 Å². The Bertz CT molecular complexity index is 1260. The zero-order valence-electron chi connectivity index (χ0n) is 19.6. The summed E-state index contributed by atoms with van der Waals surface area (Å²) in [4.78, 5) is 16.3. The number of rotatable bonds is 10. The van der Waals surface area contributed by atoms with Gasteiger partial charge in [0.15, 0.2) is 0 Å². The summed E-state index contributed by atoms with van der Waals surface area (Å²) in [6.07, 6.45) is 3.17. The third kappa shape index (κ3) is 7.70. The smallest absolute Gasteiger partial charge is 0.239 e. The van der Waals surface area contributed by atoms with E-state index in [9.17, 15) is 4.79 Å². The van der Waals surface area contributed by atoms with Crippen LogP contribution in [-0.4, -0.2) is 34.4 Å². The number of benzene rings is 3. The average molecular weight is 600 g/mol. The number of hydrogen-bond acceptors (Lipinski definition) is 4. The summed E-state index contributed by atoms with van der Waals surface area (Å²) >= 11 is 31.6. The van der Waals surface area contributed by atoms with Crippen molar-refractivity contribution in [1.82, 2.24) is 15.1 Å². The van der Waals surface area contributed by atoms with Crippen molar-refractivity contribution in [2.75, 3.05) is 13.2 Å². The lowest BCUT2D eigenvalue weighted by Gasteiger charge is -2.31. The number of nitrogens with zero attached hydrogens (tertiary/aromatic N) is 2. The Morgan fingerprint density at radius 3 is 2.35 bits per heavy atom. The molecule has 1 N–H and O–H groups in total. The number of ether oxygens (including phenoxy) is 1. The number of carbonyl (C=O) groups excluding carboxylic acids is 1. The molecular formula is C27H24Cl5N3O2. The molecule has 37 heavy (non-hydrogen) atoms. The lowest BCUT2D eigenvalue weighted by molar-refractivity contribution is -0.122. The molecule has 1 aliphatic heterocycles. The summed E-state index contributed by atoms with van der Waals surface area (Å²) in [5, 5.41) is 5.21. The molecule has 0 aliphatic carbocycles. The molecule has 0 radical (unpaired) electrons. The number of halogens is 5. The molecule has 1 aliphatic rings. The fourth-order valence-corrected chi connectivity index (χ4v) is 4.94. The van der Waals surface area contributed by atoms with Gasteiger partial charge in [0.05, 0.1) is 19.8 Å². The molecule has 1 amide bonds. The summed E-state index contributed by atoms with van der Waals surface area (Å²) in [6, 6.07) is 20.0. The molecule has 0 aromatic heterocycles. The van der Waals surface area contributed by atoms with E-state index < -0.39 is 11.6 Å². The summed E-state index contributed by atoms with van der Waals surface area (Å²) < 4.78 is 6.28. The fraction of sp³-hybridized carbons (Fsp3) is 0.222. The molecule has 0 saturated carbocycles. The van der Waals surface area contributed by atoms with Crippen molar-refractivity contribution in [2.45, 2.75) is 24.8 Å². The Morgan fingerprint density at radius 1 is 0.892 bits per heavy atom. The largest absolute Gasteiger partial charge is 0.365 e. The first-order valence-electron chi connectivity index (χ1n) is 11.4. The van der Waals surface area contributed by atoms with Crippen LogP contribution in [0.1, 0.15) is 22.8 Å². The molecule has 3 aromatic carbocycles. The van der Waals surface area contributed by atoms with E-state index in [1.807, 2.05) is 58.6 Å². The number of amides is 1. The van der Waals surface area contributed by atoms with Gasteiger partial charge in [-0.15, -0.1) is 0 Å². The van der Waals surface area contributed by atoms with E-state index in [2.05, 4.69) is 5.32 Å². The highest BCUT2D eigenvalue weighted by Crippen LogP contribution is 2.32. The van der Waals surface area contributed by atoms with Crippen LogP contribution in [0.3, 0.4) is 0 Å². The fourth-order valence-electron chi connectivity index (χ4n) is 3.80. The minimum absolute atomic E-state index is 0.125. The van der Waals surface area contributed by atoms with Crippen LogP contribution in [0.4, 0.5) is 0 Å². The quantitative estimate of drug-likeness (QED) is 0.194. The summed E-state index contributed by atoms with van der Waals surface area (Å²) in [7, 11) is 0. The Labute approximate surface area is 241 Å². The van der Waals surface area contributed by atoms with E-state index in [1.54, 1.807) is 30.3 Å². The van der Waals surface area contributed by atoms with E-state index in [0.717, 1.165) is 16.7 Å². The van der Waals surface area contributed by atoms with Gasteiger partial charge in [0, 0.05) is 39.0 Å². The first-order valence-corrected chi connectivity index (χ1v) is 13.4. The zero-order chi connectivity index (χ0) is 26.4. The van der Waals surface area contributed by atoms with E-state index in [1.165, 1.54) is 0 Å². The second-order valence-corrected chi connectivity index (χ2v) is 10.6. The van der Waals surface area contributed by atoms with Crippen molar-refractivity contribution in [2.24, 2.45) is 0 Å². The molecule has 2 unspecified atom stereocenters. The number of hydrogen-bond donors (Lipinski definition) is 1. The molecule has 1 heterocycles. The molecule has 194 valence electrons. The number of carbonyl (C=O) groups is 1. The van der Waals surface area contributed by atoms with Crippen molar-refractivity contribution >= 4 is 63.9 Å². The second-order valence-electron chi connectivity index (χ2n) is 8.46. The Hall–Kier alpha value is -2.12. The van der Waals surface area contributed by atoms with Gasteiger partial charge in [0.25, 0.3) is 0 Å². The summed E-state index contributed by atoms with van der Waals surface area (Å²) in [5.41, 5.74) is 1.95. The van der Waals surface area contributed by atoms with E-state index in [0.29, 0.717) is 33.3 Å². The van der Waals surface area contributed by atoms with Crippen LogP contribution in [0.5, 0.6) is 0 Å². The third-order valence-corrected chi connectivity index (χ3v) is 7.48. The first-order chi connectivity index (χ1) is 17.8. The highest BCUT2D eigenvalue weighted by atomic mass is 35.5. The average Bonchev–Trinajstić information content (AvgIpc) is 3.34. The molecule has 0 bridgehead atoms. The topological polar surface area (TPSA) is 44.8 Å². The van der Waals surface area contributed by atoms with E-state index in [-0.39, 0.29) is 19.1 Å². The first kappa shape index (κ1) is 27.9. The van der Waals surface area contributed by atoms with Crippen molar-refractivity contribution in [1.29, 1.82) is 0 Å².